The van der Waals surface area contributed by atoms with E-state index in [1.807, 2.05) is 18.2 Å². The van der Waals surface area contributed by atoms with Gasteiger partial charge in [-0.05, 0) is 48.1 Å². The first-order chi connectivity index (χ1) is 17.0. The molecule has 3 aromatic rings. The van der Waals surface area contributed by atoms with Gasteiger partial charge >= 0.3 is 0 Å². The van der Waals surface area contributed by atoms with Gasteiger partial charge in [0.25, 0.3) is 5.91 Å². The Kier molecular flexibility index (Phi) is 8.52. The predicted octanol–water partition coefficient (Wildman–Crippen LogP) is 4.20. The molecule has 0 unspecified atom stereocenters. The van der Waals surface area contributed by atoms with Gasteiger partial charge in [0, 0.05) is 23.9 Å². The summed E-state index contributed by atoms with van der Waals surface area (Å²) in [6.45, 7) is 0.750. The summed E-state index contributed by atoms with van der Waals surface area (Å²) in [5, 5.41) is 7.84. The van der Waals surface area contributed by atoms with E-state index in [4.69, 9.17) is 16.3 Å². The van der Waals surface area contributed by atoms with E-state index in [9.17, 15) is 14.4 Å². The standard InChI is InChI=1S/C26H26ClN3O4S/c27-19-9-4-10-20(15-19)30(23(31)17-29-25(32)22-12-6-14-35-22)24(18-7-2-1-3-8-18)26(33)28-16-21-11-5-13-34-21/h1-4,6-10,12,14-15,21,24H,5,11,13,16-17H2,(H,28,33)(H,29,32)/t21-,24+/m0/s1. The average molecular weight is 512 g/mol. The number of nitrogens with zero attached hydrogens (tertiary/aromatic N) is 1. The highest BCUT2D eigenvalue weighted by Crippen LogP contribution is 2.30. The summed E-state index contributed by atoms with van der Waals surface area (Å²) in [5.41, 5.74) is 1.09. The van der Waals surface area contributed by atoms with Crippen molar-refractivity contribution in [1.29, 1.82) is 0 Å². The molecular weight excluding hydrogens is 486 g/mol. The fourth-order valence-electron chi connectivity index (χ4n) is 3.97. The minimum Gasteiger partial charge on any atom is -0.376 e. The smallest absolute Gasteiger partial charge is 0.261 e. The molecular formula is C26H26ClN3O4S. The Balaban J connectivity index is 1.63. The number of carbonyl (C=O) groups excluding carboxylic acids is 3. The second-order valence-electron chi connectivity index (χ2n) is 8.10. The second-order valence-corrected chi connectivity index (χ2v) is 9.48. The highest BCUT2D eigenvalue weighted by atomic mass is 35.5. The van der Waals surface area contributed by atoms with Crippen LogP contribution in [-0.4, -0.2) is 43.5 Å². The summed E-state index contributed by atoms with van der Waals surface area (Å²) in [5.74, 6) is -1.14. The van der Waals surface area contributed by atoms with Crippen LogP contribution in [0.4, 0.5) is 5.69 Å². The maximum Gasteiger partial charge on any atom is 0.261 e. The minimum atomic E-state index is -0.970. The van der Waals surface area contributed by atoms with Crippen LogP contribution in [-0.2, 0) is 14.3 Å². The number of rotatable bonds is 9. The molecule has 1 saturated heterocycles. The number of anilines is 1. The van der Waals surface area contributed by atoms with Gasteiger partial charge < -0.3 is 15.4 Å². The van der Waals surface area contributed by atoms with Crippen LogP contribution in [0, 0.1) is 0 Å². The van der Waals surface area contributed by atoms with Gasteiger partial charge in [-0.3, -0.25) is 19.3 Å². The van der Waals surface area contributed by atoms with Crippen molar-refractivity contribution in [2.24, 2.45) is 0 Å². The molecule has 35 heavy (non-hydrogen) atoms. The third kappa shape index (κ3) is 6.48. The summed E-state index contributed by atoms with van der Waals surface area (Å²) in [6, 6.07) is 18.3. The van der Waals surface area contributed by atoms with E-state index < -0.39 is 11.9 Å². The van der Waals surface area contributed by atoms with Crippen molar-refractivity contribution in [3.8, 4) is 0 Å². The molecule has 0 bridgehead atoms. The van der Waals surface area contributed by atoms with Gasteiger partial charge in [0.15, 0.2) is 0 Å². The van der Waals surface area contributed by atoms with Crippen LogP contribution >= 0.6 is 22.9 Å². The largest absolute Gasteiger partial charge is 0.376 e. The zero-order valence-electron chi connectivity index (χ0n) is 19.0. The van der Waals surface area contributed by atoms with Crippen LogP contribution in [0.25, 0.3) is 0 Å². The number of benzene rings is 2. The van der Waals surface area contributed by atoms with Crippen molar-refractivity contribution in [3.05, 3.63) is 87.6 Å². The number of hydrogen-bond donors (Lipinski definition) is 2. The van der Waals surface area contributed by atoms with E-state index in [1.165, 1.54) is 16.2 Å². The Labute approximate surface area is 213 Å². The molecule has 2 N–H and O–H groups in total. The first-order valence-electron chi connectivity index (χ1n) is 11.4. The number of ether oxygens (including phenoxy) is 1. The first-order valence-corrected chi connectivity index (χ1v) is 12.6. The fourth-order valence-corrected chi connectivity index (χ4v) is 4.79. The summed E-state index contributed by atoms with van der Waals surface area (Å²) >= 11 is 7.53. The van der Waals surface area contributed by atoms with Crippen molar-refractivity contribution in [2.75, 3.05) is 24.6 Å². The molecule has 3 amide bonds. The number of hydrogen-bond acceptors (Lipinski definition) is 5. The monoisotopic (exact) mass is 511 g/mol. The van der Waals surface area contributed by atoms with Crippen LogP contribution in [0.1, 0.15) is 34.1 Å². The Morgan fingerprint density at radius 1 is 1.06 bits per heavy atom. The number of halogens is 1. The average Bonchev–Trinajstić information content (AvgIpc) is 3.59. The summed E-state index contributed by atoms with van der Waals surface area (Å²) in [4.78, 5) is 41.5. The normalized spacial score (nSPS) is 15.9. The van der Waals surface area contributed by atoms with Gasteiger partial charge in [0.05, 0.1) is 17.5 Å². The maximum atomic E-state index is 13.6. The van der Waals surface area contributed by atoms with Crippen LogP contribution in [0.3, 0.4) is 0 Å². The van der Waals surface area contributed by atoms with Crippen LogP contribution in [0.5, 0.6) is 0 Å². The highest BCUT2D eigenvalue weighted by molar-refractivity contribution is 7.12. The van der Waals surface area contributed by atoms with Crippen molar-refractivity contribution in [3.63, 3.8) is 0 Å². The number of amides is 3. The lowest BCUT2D eigenvalue weighted by Gasteiger charge is -2.32. The van der Waals surface area contributed by atoms with Crippen molar-refractivity contribution in [1.82, 2.24) is 10.6 Å². The van der Waals surface area contributed by atoms with Gasteiger partial charge in [0.2, 0.25) is 11.8 Å². The third-order valence-electron chi connectivity index (χ3n) is 5.65. The van der Waals surface area contributed by atoms with E-state index in [2.05, 4.69) is 10.6 Å². The molecule has 0 saturated carbocycles. The second kappa shape index (κ2) is 12.0. The first kappa shape index (κ1) is 24.9. The van der Waals surface area contributed by atoms with E-state index in [0.717, 1.165) is 12.8 Å². The Morgan fingerprint density at radius 2 is 1.89 bits per heavy atom. The third-order valence-corrected chi connectivity index (χ3v) is 6.75. The van der Waals surface area contributed by atoms with E-state index >= 15 is 0 Å². The SMILES string of the molecule is O=C(NCC(=O)N(c1cccc(Cl)c1)[C@@H](C(=O)NC[C@@H]1CCCO1)c1ccccc1)c1cccs1. The van der Waals surface area contributed by atoms with Gasteiger partial charge in [0.1, 0.15) is 6.04 Å². The lowest BCUT2D eigenvalue weighted by atomic mass is 10.0. The lowest BCUT2D eigenvalue weighted by Crippen LogP contribution is -2.48. The molecule has 1 aromatic heterocycles. The molecule has 7 nitrogen and oxygen atoms in total. The summed E-state index contributed by atoms with van der Waals surface area (Å²) < 4.78 is 5.64. The zero-order valence-corrected chi connectivity index (χ0v) is 20.6. The predicted molar refractivity (Wildman–Crippen MR) is 137 cm³/mol. The Hall–Kier alpha value is -3.20. The lowest BCUT2D eigenvalue weighted by molar-refractivity contribution is -0.126. The van der Waals surface area contributed by atoms with Gasteiger partial charge in [-0.25, -0.2) is 0 Å². The van der Waals surface area contributed by atoms with E-state index in [1.54, 1.807) is 53.9 Å². The van der Waals surface area contributed by atoms with E-state index in [-0.39, 0.29) is 24.5 Å². The molecule has 1 aliphatic rings. The number of thiophene rings is 1. The molecule has 2 atom stereocenters. The molecule has 9 heteroatoms. The van der Waals surface area contributed by atoms with Gasteiger partial charge in [-0.2, -0.15) is 0 Å². The molecule has 0 radical (unpaired) electrons. The minimum absolute atomic E-state index is 0.0456. The summed E-state index contributed by atoms with van der Waals surface area (Å²) in [6.07, 6.45) is 1.79. The van der Waals surface area contributed by atoms with Crippen molar-refractivity contribution in [2.45, 2.75) is 25.0 Å². The zero-order chi connectivity index (χ0) is 24.6. The Bertz CT molecular complexity index is 1150. The van der Waals surface area contributed by atoms with Crippen LogP contribution in [0.15, 0.2) is 72.1 Å². The highest BCUT2D eigenvalue weighted by Gasteiger charge is 2.33. The number of nitrogens with one attached hydrogen (secondary N) is 2. The van der Waals surface area contributed by atoms with Gasteiger partial charge in [-0.1, -0.05) is 54.1 Å². The van der Waals surface area contributed by atoms with E-state index in [0.29, 0.717) is 34.3 Å². The van der Waals surface area contributed by atoms with Gasteiger partial charge in [-0.15, -0.1) is 11.3 Å². The quantitative estimate of drug-likeness (QED) is 0.450. The summed E-state index contributed by atoms with van der Waals surface area (Å²) in [7, 11) is 0. The van der Waals surface area contributed by atoms with Crippen LogP contribution < -0.4 is 15.5 Å². The molecule has 2 heterocycles. The molecule has 1 aliphatic heterocycles. The maximum absolute atomic E-state index is 13.6. The number of carbonyl (C=O) groups is 3. The van der Waals surface area contributed by atoms with Crippen molar-refractivity contribution >= 4 is 46.3 Å². The molecule has 1 fully saturated rings. The molecule has 2 aromatic carbocycles. The molecule has 182 valence electrons. The molecule has 0 aliphatic carbocycles. The van der Waals surface area contributed by atoms with Crippen LogP contribution in [0.2, 0.25) is 5.02 Å². The van der Waals surface area contributed by atoms with Crippen molar-refractivity contribution < 1.29 is 19.1 Å². The Morgan fingerprint density at radius 3 is 2.57 bits per heavy atom. The molecule has 4 rings (SSSR count). The molecule has 0 spiro atoms. The fraction of sp³-hybridized carbons (Fsp3) is 0.269. The topological polar surface area (TPSA) is 87.7 Å².